The van der Waals surface area contributed by atoms with E-state index in [2.05, 4.69) is 22.2 Å². The molecule has 0 saturated carbocycles. The number of hydrazine groups is 1. The number of amides is 1. The van der Waals surface area contributed by atoms with Crippen molar-refractivity contribution in [1.29, 1.82) is 0 Å². The van der Waals surface area contributed by atoms with E-state index < -0.39 is 10.0 Å². The molecular weight excluding hydrogens is 396 g/mol. The number of nitrogens with zero attached hydrogens (tertiary/aromatic N) is 1. The van der Waals surface area contributed by atoms with Gasteiger partial charge in [0.25, 0.3) is 0 Å². The Morgan fingerprint density at radius 3 is 2.71 bits per heavy atom. The number of thiophene rings is 1. The summed E-state index contributed by atoms with van der Waals surface area (Å²) in [6.45, 7) is 0.669. The minimum absolute atomic E-state index is 0.0981. The molecule has 4 rings (SSSR count). The number of nitrogens with one attached hydrogen (secondary N) is 3. The standard InChI is InChI=1S/C19H24N4O3S2/c24-19(20-18-12-16(21-22-18)17-9-5-11-27-17)14-6-4-10-23(13-14)28(25,26)15-7-2-1-3-8-15/h1-3,5,7-9,11,14,16,18,21-22H,4,6,10,12-13H2,(H,20,24). The molecule has 0 aliphatic carbocycles. The van der Waals surface area contributed by atoms with Gasteiger partial charge in [-0.1, -0.05) is 24.3 Å². The third-order valence-electron chi connectivity index (χ3n) is 5.24. The van der Waals surface area contributed by atoms with Gasteiger partial charge in [-0.2, -0.15) is 4.31 Å². The summed E-state index contributed by atoms with van der Waals surface area (Å²) >= 11 is 1.68. The summed E-state index contributed by atoms with van der Waals surface area (Å²) in [7, 11) is -3.57. The van der Waals surface area contributed by atoms with E-state index in [9.17, 15) is 13.2 Å². The van der Waals surface area contributed by atoms with Crippen LogP contribution in [-0.4, -0.2) is 37.9 Å². The van der Waals surface area contributed by atoms with E-state index in [0.717, 1.165) is 6.42 Å². The van der Waals surface area contributed by atoms with Gasteiger partial charge < -0.3 is 5.32 Å². The van der Waals surface area contributed by atoms with Crippen molar-refractivity contribution in [1.82, 2.24) is 20.5 Å². The number of hydrogen-bond donors (Lipinski definition) is 3. The maximum atomic E-state index is 12.8. The van der Waals surface area contributed by atoms with Crippen molar-refractivity contribution in [3.05, 3.63) is 52.7 Å². The quantitative estimate of drug-likeness (QED) is 0.687. The lowest BCUT2D eigenvalue weighted by Crippen LogP contribution is -2.50. The lowest BCUT2D eigenvalue weighted by Gasteiger charge is -2.31. The summed E-state index contributed by atoms with van der Waals surface area (Å²) in [4.78, 5) is 14.3. The SMILES string of the molecule is O=C(NC1CC(c2cccs2)NN1)C1CCCN(S(=O)(=O)c2ccccc2)C1. The molecule has 9 heteroatoms. The van der Waals surface area contributed by atoms with Gasteiger partial charge in [0.05, 0.1) is 23.0 Å². The van der Waals surface area contributed by atoms with Gasteiger partial charge >= 0.3 is 0 Å². The summed E-state index contributed by atoms with van der Waals surface area (Å²) in [5.41, 5.74) is 6.34. The summed E-state index contributed by atoms with van der Waals surface area (Å²) in [5.74, 6) is -0.436. The zero-order valence-corrected chi connectivity index (χ0v) is 17.0. The highest BCUT2D eigenvalue weighted by Crippen LogP contribution is 2.27. The van der Waals surface area contributed by atoms with Crippen LogP contribution in [0.25, 0.3) is 0 Å². The van der Waals surface area contributed by atoms with Gasteiger partial charge in [-0.15, -0.1) is 11.3 Å². The van der Waals surface area contributed by atoms with Crippen LogP contribution in [0.2, 0.25) is 0 Å². The Morgan fingerprint density at radius 2 is 1.96 bits per heavy atom. The minimum atomic E-state index is -3.57. The van der Waals surface area contributed by atoms with Gasteiger partial charge in [-0.3, -0.25) is 4.79 Å². The number of carbonyl (C=O) groups is 1. The third-order valence-corrected chi connectivity index (χ3v) is 8.11. The molecule has 3 N–H and O–H groups in total. The van der Waals surface area contributed by atoms with Crippen LogP contribution in [0.3, 0.4) is 0 Å². The molecule has 2 aromatic rings. The number of hydrogen-bond acceptors (Lipinski definition) is 6. The van der Waals surface area contributed by atoms with Gasteiger partial charge in [0, 0.05) is 24.4 Å². The van der Waals surface area contributed by atoms with E-state index in [0.29, 0.717) is 19.4 Å². The van der Waals surface area contributed by atoms with Gasteiger partial charge in [0.2, 0.25) is 15.9 Å². The number of piperidine rings is 1. The fraction of sp³-hybridized carbons (Fsp3) is 0.421. The molecule has 3 unspecified atom stereocenters. The van der Waals surface area contributed by atoms with Crippen LogP contribution >= 0.6 is 11.3 Å². The van der Waals surface area contributed by atoms with Crippen molar-refractivity contribution in [3.63, 3.8) is 0 Å². The molecule has 2 aliphatic heterocycles. The smallest absolute Gasteiger partial charge is 0.243 e. The first-order valence-corrected chi connectivity index (χ1v) is 11.8. The van der Waals surface area contributed by atoms with Crippen molar-refractivity contribution < 1.29 is 13.2 Å². The molecule has 2 fully saturated rings. The highest BCUT2D eigenvalue weighted by Gasteiger charge is 2.35. The second-order valence-electron chi connectivity index (χ2n) is 7.17. The van der Waals surface area contributed by atoms with E-state index in [-0.39, 0.29) is 35.5 Å². The normalized spacial score (nSPS) is 26.2. The highest BCUT2D eigenvalue weighted by atomic mass is 32.2. The fourth-order valence-electron chi connectivity index (χ4n) is 3.73. The number of benzene rings is 1. The summed E-state index contributed by atoms with van der Waals surface area (Å²) < 4.78 is 27.1. The molecule has 1 amide bonds. The Bertz CT molecular complexity index is 903. The summed E-state index contributed by atoms with van der Waals surface area (Å²) in [6, 6.07) is 12.7. The summed E-state index contributed by atoms with van der Waals surface area (Å²) in [6.07, 6.45) is 1.96. The molecule has 1 aromatic heterocycles. The molecule has 3 atom stereocenters. The molecule has 0 spiro atoms. The minimum Gasteiger partial charge on any atom is -0.339 e. The molecule has 0 bridgehead atoms. The zero-order chi connectivity index (χ0) is 19.6. The maximum Gasteiger partial charge on any atom is 0.243 e. The van der Waals surface area contributed by atoms with Crippen LogP contribution in [0.5, 0.6) is 0 Å². The maximum absolute atomic E-state index is 12.8. The van der Waals surface area contributed by atoms with Crippen LogP contribution in [0.1, 0.15) is 30.2 Å². The second-order valence-corrected chi connectivity index (χ2v) is 10.1. The lowest BCUT2D eigenvalue weighted by molar-refractivity contribution is -0.126. The monoisotopic (exact) mass is 420 g/mol. The largest absolute Gasteiger partial charge is 0.339 e. The van der Waals surface area contributed by atoms with E-state index in [1.165, 1.54) is 9.18 Å². The lowest BCUT2D eigenvalue weighted by atomic mass is 9.98. The van der Waals surface area contributed by atoms with E-state index >= 15 is 0 Å². The first kappa shape index (κ1) is 19.5. The highest BCUT2D eigenvalue weighted by molar-refractivity contribution is 7.89. The molecule has 2 aliphatic rings. The van der Waals surface area contributed by atoms with Crippen molar-refractivity contribution in [2.45, 2.75) is 36.4 Å². The van der Waals surface area contributed by atoms with E-state index in [1.807, 2.05) is 11.4 Å². The topological polar surface area (TPSA) is 90.5 Å². The Labute approximate surface area is 169 Å². The van der Waals surface area contributed by atoms with Crippen molar-refractivity contribution in [2.24, 2.45) is 5.92 Å². The van der Waals surface area contributed by atoms with Gasteiger partial charge in [-0.05, 0) is 36.4 Å². The Balaban J connectivity index is 1.36. The first-order valence-electron chi connectivity index (χ1n) is 9.44. The number of carbonyl (C=O) groups excluding carboxylic acids is 1. The molecule has 28 heavy (non-hydrogen) atoms. The second kappa shape index (κ2) is 8.30. The third kappa shape index (κ3) is 4.13. The average molecular weight is 421 g/mol. The molecule has 1 aromatic carbocycles. The van der Waals surface area contributed by atoms with Crippen molar-refractivity contribution >= 4 is 27.3 Å². The summed E-state index contributed by atoms with van der Waals surface area (Å²) in [5, 5.41) is 5.06. The number of rotatable bonds is 5. The fourth-order valence-corrected chi connectivity index (χ4v) is 6.07. The molecule has 3 heterocycles. The van der Waals surface area contributed by atoms with E-state index in [4.69, 9.17) is 0 Å². The van der Waals surface area contributed by atoms with Gasteiger partial charge in [0.1, 0.15) is 0 Å². The predicted molar refractivity (Wildman–Crippen MR) is 108 cm³/mol. The molecule has 2 saturated heterocycles. The van der Waals surface area contributed by atoms with Crippen molar-refractivity contribution in [3.8, 4) is 0 Å². The van der Waals surface area contributed by atoms with Crippen LogP contribution < -0.4 is 16.2 Å². The Hall–Kier alpha value is -1.78. The van der Waals surface area contributed by atoms with E-state index in [1.54, 1.807) is 41.7 Å². The first-order chi connectivity index (χ1) is 13.5. The van der Waals surface area contributed by atoms with Crippen LogP contribution in [0.4, 0.5) is 0 Å². The van der Waals surface area contributed by atoms with Gasteiger partial charge in [0.15, 0.2) is 0 Å². The number of sulfonamides is 1. The van der Waals surface area contributed by atoms with Crippen molar-refractivity contribution in [2.75, 3.05) is 13.1 Å². The molecular formula is C19H24N4O3S2. The predicted octanol–water partition coefficient (Wildman–Crippen LogP) is 1.83. The van der Waals surface area contributed by atoms with Crippen LogP contribution in [0, 0.1) is 5.92 Å². The Kier molecular flexibility index (Phi) is 5.79. The molecule has 0 radical (unpaired) electrons. The Morgan fingerprint density at radius 1 is 1.14 bits per heavy atom. The zero-order valence-electron chi connectivity index (χ0n) is 15.4. The van der Waals surface area contributed by atoms with Gasteiger partial charge in [-0.25, -0.2) is 19.3 Å². The van der Waals surface area contributed by atoms with Crippen LogP contribution in [-0.2, 0) is 14.8 Å². The molecule has 150 valence electrons. The average Bonchev–Trinajstić information content (AvgIpc) is 3.40. The van der Waals surface area contributed by atoms with Crippen LogP contribution in [0.15, 0.2) is 52.7 Å². The molecule has 7 nitrogen and oxygen atoms in total.